The molecule has 206 valence electrons. The lowest BCUT2D eigenvalue weighted by atomic mass is 10.0. The molecule has 0 unspecified atom stereocenters. The summed E-state index contributed by atoms with van der Waals surface area (Å²) in [5.74, 6) is -2.31. The summed E-state index contributed by atoms with van der Waals surface area (Å²) in [7, 11) is -0.963. The van der Waals surface area contributed by atoms with E-state index in [0.29, 0.717) is 0 Å². The molecule has 0 spiro atoms. The van der Waals surface area contributed by atoms with Gasteiger partial charge >= 0.3 is 0 Å². The fourth-order valence-electron chi connectivity index (χ4n) is 2.71. The summed E-state index contributed by atoms with van der Waals surface area (Å²) >= 11 is 0. The third-order valence-corrected chi connectivity index (χ3v) is 7.30. The molecular formula is C24H40N2O8S2. The SMILES string of the molecule is C[C@@H]([C@H](O)c1ccccc1)[NH+](C)C.C[C@H]([C@@H](O)c1ccccc1)[NH+](C)C.O=S(=O)([O-])CCS(=O)(=O)[O-]. The first-order chi connectivity index (χ1) is 16.5. The fraction of sp³-hybridized carbons (Fsp3) is 0.500. The highest BCUT2D eigenvalue weighted by Crippen LogP contribution is 2.14. The first kappa shape index (κ1) is 34.1. The summed E-state index contributed by atoms with van der Waals surface area (Å²) < 4.78 is 58.3. The van der Waals surface area contributed by atoms with Crippen LogP contribution in [0.4, 0.5) is 0 Å². The monoisotopic (exact) mass is 548 g/mol. The molecule has 2 rings (SSSR count). The Morgan fingerprint density at radius 2 is 0.889 bits per heavy atom. The Labute approximate surface area is 215 Å². The van der Waals surface area contributed by atoms with Crippen LogP contribution in [0.15, 0.2) is 60.7 Å². The Morgan fingerprint density at radius 3 is 1.08 bits per heavy atom. The number of rotatable bonds is 9. The summed E-state index contributed by atoms with van der Waals surface area (Å²) in [6.45, 7) is 4.10. The molecule has 36 heavy (non-hydrogen) atoms. The van der Waals surface area contributed by atoms with Crippen molar-refractivity contribution in [3.8, 4) is 0 Å². The average Bonchev–Trinajstić information content (AvgIpc) is 2.82. The Bertz CT molecular complexity index is 976. The summed E-state index contributed by atoms with van der Waals surface area (Å²) in [5, 5.41) is 19.9. The van der Waals surface area contributed by atoms with E-state index in [2.05, 4.69) is 28.2 Å². The van der Waals surface area contributed by atoms with E-state index in [1.807, 2.05) is 74.5 Å². The molecule has 0 aromatic heterocycles. The summed E-state index contributed by atoms with van der Waals surface area (Å²) in [4.78, 5) is 2.52. The van der Waals surface area contributed by atoms with Crippen molar-refractivity contribution in [3.05, 3.63) is 71.8 Å². The first-order valence-electron chi connectivity index (χ1n) is 11.4. The van der Waals surface area contributed by atoms with Crippen molar-refractivity contribution in [2.45, 2.75) is 38.1 Å². The minimum Gasteiger partial charge on any atom is -0.748 e. The minimum atomic E-state index is -4.59. The van der Waals surface area contributed by atoms with E-state index in [-0.39, 0.29) is 24.3 Å². The molecule has 4 atom stereocenters. The molecule has 0 aliphatic carbocycles. The normalized spacial score (nSPS) is 15.1. The molecule has 0 bridgehead atoms. The number of aliphatic hydroxyl groups is 2. The maximum atomic E-state index is 9.94. The van der Waals surface area contributed by atoms with Crippen molar-refractivity contribution in [2.75, 3.05) is 39.7 Å². The summed E-state index contributed by atoms with van der Waals surface area (Å²) in [6.07, 6.45) is -0.739. The van der Waals surface area contributed by atoms with Gasteiger partial charge in [-0.15, -0.1) is 0 Å². The molecule has 0 saturated heterocycles. The van der Waals surface area contributed by atoms with Crippen LogP contribution < -0.4 is 9.80 Å². The minimum absolute atomic E-state index is 0.224. The third kappa shape index (κ3) is 15.3. The Hall–Kier alpha value is -1.90. The number of benzene rings is 2. The predicted octanol–water partition coefficient (Wildman–Crippen LogP) is -1.42. The molecule has 10 nitrogen and oxygen atoms in total. The van der Waals surface area contributed by atoms with E-state index in [1.165, 1.54) is 9.80 Å². The summed E-state index contributed by atoms with van der Waals surface area (Å²) in [5.41, 5.74) is 1.99. The quantitative estimate of drug-likeness (QED) is 0.278. The molecular weight excluding hydrogens is 508 g/mol. The van der Waals surface area contributed by atoms with E-state index in [0.717, 1.165) is 11.1 Å². The van der Waals surface area contributed by atoms with Gasteiger partial charge in [0.05, 0.1) is 59.9 Å². The molecule has 12 heteroatoms. The third-order valence-electron chi connectivity index (χ3n) is 5.63. The number of hydrogen-bond acceptors (Lipinski definition) is 8. The Kier molecular flexibility index (Phi) is 15.2. The zero-order valence-electron chi connectivity index (χ0n) is 21.7. The van der Waals surface area contributed by atoms with Gasteiger partial charge in [-0.05, 0) is 25.0 Å². The smallest absolute Gasteiger partial charge is 0.130 e. The molecule has 0 aliphatic rings. The van der Waals surface area contributed by atoms with Gasteiger partial charge < -0.3 is 29.1 Å². The van der Waals surface area contributed by atoms with Crippen LogP contribution in [0.1, 0.15) is 37.2 Å². The van der Waals surface area contributed by atoms with Gasteiger partial charge in [0.15, 0.2) is 0 Å². The number of hydrogen-bond donors (Lipinski definition) is 4. The van der Waals surface area contributed by atoms with Crippen molar-refractivity contribution in [2.24, 2.45) is 0 Å². The van der Waals surface area contributed by atoms with Crippen LogP contribution in [0.5, 0.6) is 0 Å². The average molecular weight is 549 g/mol. The highest BCUT2D eigenvalue weighted by atomic mass is 32.2. The van der Waals surface area contributed by atoms with Crippen molar-refractivity contribution in [3.63, 3.8) is 0 Å². The zero-order valence-corrected chi connectivity index (χ0v) is 23.3. The lowest BCUT2D eigenvalue weighted by Gasteiger charge is -2.22. The topological polar surface area (TPSA) is 164 Å². The Balaban J connectivity index is 0.000000517. The molecule has 0 aliphatic heterocycles. The van der Waals surface area contributed by atoms with E-state index >= 15 is 0 Å². The molecule has 0 radical (unpaired) electrons. The number of nitrogens with one attached hydrogen (secondary N) is 2. The number of quaternary nitrogens is 2. The Morgan fingerprint density at radius 1 is 0.639 bits per heavy atom. The van der Waals surface area contributed by atoms with E-state index in [1.54, 1.807) is 0 Å². The van der Waals surface area contributed by atoms with Crippen LogP contribution in [0.3, 0.4) is 0 Å². The van der Waals surface area contributed by atoms with Gasteiger partial charge in [-0.2, -0.15) is 0 Å². The maximum absolute atomic E-state index is 9.94. The van der Waals surface area contributed by atoms with E-state index in [9.17, 15) is 36.2 Å². The van der Waals surface area contributed by atoms with E-state index in [4.69, 9.17) is 0 Å². The molecule has 4 N–H and O–H groups in total. The molecule has 2 aromatic rings. The zero-order chi connectivity index (χ0) is 28.1. The van der Waals surface area contributed by atoms with Crippen LogP contribution in [0.25, 0.3) is 0 Å². The van der Waals surface area contributed by atoms with Gasteiger partial charge in [0.2, 0.25) is 0 Å². The van der Waals surface area contributed by atoms with Gasteiger partial charge in [0.25, 0.3) is 0 Å². The van der Waals surface area contributed by atoms with Crippen LogP contribution in [-0.4, -0.2) is 87.9 Å². The summed E-state index contributed by atoms with van der Waals surface area (Å²) in [6, 6.07) is 20.0. The van der Waals surface area contributed by atoms with Gasteiger partial charge in [-0.25, -0.2) is 16.8 Å². The van der Waals surface area contributed by atoms with Gasteiger partial charge in [-0.3, -0.25) is 0 Å². The highest BCUT2D eigenvalue weighted by molar-refractivity contribution is 7.89. The number of aliphatic hydroxyl groups excluding tert-OH is 2. The predicted molar refractivity (Wildman–Crippen MR) is 136 cm³/mol. The highest BCUT2D eigenvalue weighted by Gasteiger charge is 2.21. The fourth-order valence-corrected chi connectivity index (χ4v) is 4.35. The van der Waals surface area contributed by atoms with Crippen molar-refractivity contribution in [1.29, 1.82) is 0 Å². The molecule has 2 aromatic carbocycles. The first-order valence-corrected chi connectivity index (χ1v) is 14.5. The van der Waals surface area contributed by atoms with Gasteiger partial charge in [0.1, 0.15) is 24.3 Å². The standard InChI is InChI=1S/2C11H17NO.C2H6O6S2/c2*1-9(12(2)3)11(13)10-7-5-4-6-8-10;3-9(4,5)1-2-10(6,7)8/h2*4-9,11,13H,1-3H3;1-2H2,(H,3,4,5)(H,6,7,8)/t2*9-,11-;/m10./s1. The maximum Gasteiger partial charge on any atom is 0.130 e. The largest absolute Gasteiger partial charge is 0.748 e. The number of likely N-dealkylation sites (N-methyl/N-ethyl adjacent to an activating group) is 2. The molecule has 0 heterocycles. The molecule has 0 amide bonds. The van der Waals surface area contributed by atoms with E-state index < -0.39 is 31.7 Å². The van der Waals surface area contributed by atoms with Gasteiger partial charge in [-0.1, -0.05) is 60.7 Å². The van der Waals surface area contributed by atoms with Crippen LogP contribution in [0.2, 0.25) is 0 Å². The van der Waals surface area contributed by atoms with Crippen LogP contribution in [-0.2, 0) is 20.2 Å². The lowest BCUT2D eigenvalue weighted by Crippen LogP contribution is -3.10. The second-order valence-corrected chi connectivity index (χ2v) is 12.0. The molecule has 0 fully saturated rings. The molecule has 0 saturated carbocycles. The van der Waals surface area contributed by atoms with Crippen molar-refractivity contribution in [1.82, 2.24) is 0 Å². The second-order valence-electron chi connectivity index (χ2n) is 8.97. The lowest BCUT2D eigenvalue weighted by molar-refractivity contribution is -0.888. The van der Waals surface area contributed by atoms with Crippen molar-refractivity contribution < 1.29 is 46.0 Å². The van der Waals surface area contributed by atoms with Crippen molar-refractivity contribution >= 4 is 20.2 Å². The van der Waals surface area contributed by atoms with Crippen LogP contribution >= 0.6 is 0 Å². The second kappa shape index (κ2) is 16.0. The van der Waals surface area contributed by atoms with Gasteiger partial charge in [0, 0.05) is 0 Å². The van der Waals surface area contributed by atoms with Crippen LogP contribution in [0, 0.1) is 0 Å².